The van der Waals surface area contributed by atoms with E-state index in [2.05, 4.69) is 17.4 Å². The van der Waals surface area contributed by atoms with E-state index in [1.807, 2.05) is 12.1 Å². The van der Waals surface area contributed by atoms with E-state index in [1.165, 1.54) is 11.1 Å². The second-order valence-corrected chi connectivity index (χ2v) is 6.11. The monoisotopic (exact) mass is 324 g/mol. The van der Waals surface area contributed by atoms with Gasteiger partial charge in [0.05, 0.1) is 19.1 Å². The van der Waals surface area contributed by atoms with E-state index in [4.69, 9.17) is 10.5 Å². The molecule has 1 aliphatic carbocycles. The highest BCUT2D eigenvalue weighted by molar-refractivity contribution is 5.85. The quantitative estimate of drug-likeness (QED) is 0.893. The first-order valence-corrected chi connectivity index (χ1v) is 7.96. The van der Waals surface area contributed by atoms with Crippen molar-refractivity contribution in [2.24, 2.45) is 11.7 Å². The fourth-order valence-electron chi connectivity index (χ4n) is 3.59. The molecule has 4 nitrogen and oxygen atoms in total. The molecule has 0 radical (unpaired) electrons. The maximum Gasteiger partial charge on any atom is 0.223 e. The van der Waals surface area contributed by atoms with Crippen molar-refractivity contribution < 1.29 is 9.53 Å². The van der Waals surface area contributed by atoms with Crippen LogP contribution in [0.5, 0.6) is 0 Å². The largest absolute Gasteiger partial charge is 0.373 e. The molecule has 1 fully saturated rings. The van der Waals surface area contributed by atoms with Crippen LogP contribution in [0.3, 0.4) is 0 Å². The maximum atomic E-state index is 12.3. The lowest BCUT2D eigenvalue weighted by Gasteiger charge is -2.27. The van der Waals surface area contributed by atoms with E-state index < -0.39 is 0 Å². The molecule has 1 amide bonds. The Balaban J connectivity index is 0.00000176. The van der Waals surface area contributed by atoms with Gasteiger partial charge in [-0.2, -0.15) is 0 Å². The Morgan fingerprint density at radius 3 is 2.95 bits per heavy atom. The van der Waals surface area contributed by atoms with Crippen LogP contribution in [0.25, 0.3) is 0 Å². The molecule has 1 heterocycles. The van der Waals surface area contributed by atoms with Crippen molar-refractivity contribution >= 4 is 18.3 Å². The Hall–Kier alpha value is -1.10. The highest BCUT2D eigenvalue weighted by Gasteiger charge is 2.29. The number of hydrogen-bond donors (Lipinski definition) is 2. The number of fused-ring (bicyclic) bond motifs is 1. The number of hydrogen-bond acceptors (Lipinski definition) is 3. The second-order valence-electron chi connectivity index (χ2n) is 6.11. The molecule has 3 unspecified atom stereocenters. The van der Waals surface area contributed by atoms with Crippen molar-refractivity contribution in [1.29, 1.82) is 0 Å². The van der Waals surface area contributed by atoms with Gasteiger partial charge in [0, 0.05) is 6.04 Å². The van der Waals surface area contributed by atoms with Gasteiger partial charge in [-0.1, -0.05) is 30.7 Å². The molecule has 3 atom stereocenters. The minimum absolute atomic E-state index is 0. The van der Waals surface area contributed by atoms with Gasteiger partial charge in [-0.3, -0.25) is 4.79 Å². The third kappa shape index (κ3) is 3.80. The van der Waals surface area contributed by atoms with Gasteiger partial charge in [0.2, 0.25) is 5.91 Å². The van der Waals surface area contributed by atoms with Crippen LogP contribution in [-0.4, -0.2) is 25.1 Å². The number of nitrogens with one attached hydrogen (secondary N) is 1. The zero-order valence-corrected chi connectivity index (χ0v) is 13.6. The molecule has 0 aromatic heterocycles. The van der Waals surface area contributed by atoms with Crippen LogP contribution in [0, 0.1) is 5.92 Å². The SMILES string of the molecule is Cl.NCC1CCCC1NC(=O)CC1OCCc2ccccc21. The van der Waals surface area contributed by atoms with Crippen LogP contribution in [0.1, 0.15) is 42.9 Å². The molecule has 22 heavy (non-hydrogen) atoms. The van der Waals surface area contributed by atoms with E-state index in [0.29, 0.717) is 25.5 Å². The molecular weight excluding hydrogens is 300 g/mol. The fourth-order valence-corrected chi connectivity index (χ4v) is 3.59. The molecule has 1 aromatic carbocycles. The standard InChI is InChI=1S/C17H24N2O2.ClH/c18-11-13-5-3-7-15(13)19-17(20)10-16-14-6-2-1-4-12(14)8-9-21-16;/h1-2,4,6,13,15-16H,3,5,7-11,18H2,(H,19,20);1H. The predicted octanol–water partition coefficient (Wildman–Crippen LogP) is 2.36. The van der Waals surface area contributed by atoms with Gasteiger partial charge in [-0.05, 0) is 42.9 Å². The Bertz CT molecular complexity index is 509. The van der Waals surface area contributed by atoms with Crippen molar-refractivity contribution in [3.05, 3.63) is 35.4 Å². The smallest absolute Gasteiger partial charge is 0.223 e. The first-order chi connectivity index (χ1) is 10.3. The third-order valence-electron chi connectivity index (χ3n) is 4.77. The summed E-state index contributed by atoms with van der Waals surface area (Å²) < 4.78 is 5.81. The van der Waals surface area contributed by atoms with Crippen LogP contribution in [0.15, 0.2) is 24.3 Å². The van der Waals surface area contributed by atoms with Crippen molar-refractivity contribution in [1.82, 2.24) is 5.32 Å². The minimum atomic E-state index is -0.104. The van der Waals surface area contributed by atoms with Crippen LogP contribution < -0.4 is 11.1 Å². The molecule has 0 spiro atoms. The summed E-state index contributed by atoms with van der Waals surface area (Å²) in [6.07, 6.45) is 4.58. The van der Waals surface area contributed by atoms with Gasteiger partial charge >= 0.3 is 0 Å². The van der Waals surface area contributed by atoms with Crippen molar-refractivity contribution in [2.45, 2.75) is 44.2 Å². The number of carbonyl (C=O) groups is 1. The molecular formula is C17H25ClN2O2. The van der Waals surface area contributed by atoms with E-state index in [-0.39, 0.29) is 30.5 Å². The highest BCUT2D eigenvalue weighted by atomic mass is 35.5. The molecule has 3 N–H and O–H groups in total. The predicted molar refractivity (Wildman–Crippen MR) is 89.0 cm³/mol. The van der Waals surface area contributed by atoms with Crippen LogP contribution in [-0.2, 0) is 16.0 Å². The average Bonchev–Trinajstić information content (AvgIpc) is 2.94. The zero-order valence-electron chi connectivity index (χ0n) is 12.8. The third-order valence-corrected chi connectivity index (χ3v) is 4.77. The van der Waals surface area contributed by atoms with Crippen molar-refractivity contribution in [2.75, 3.05) is 13.2 Å². The molecule has 1 saturated carbocycles. The molecule has 1 aliphatic heterocycles. The van der Waals surface area contributed by atoms with Gasteiger partial charge in [-0.15, -0.1) is 12.4 Å². The minimum Gasteiger partial charge on any atom is -0.373 e. The lowest BCUT2D eigenvalue weighted by atomic mass is 9.95. The number of amides is 1. The first kappa shape index (κ1) is 17.3. The summed E-state index contributed by atoms with van der Waals surface area (Å²) in [6.45, 7) is 1.36. The lowest BCUT2D eigenvalue weighted by Crippen LogP contribution is -2.40. The van der Waals surface area contributed by atoms with Crippen LogP contribution in [0.2, 0.25) is 0 Å². The second kappa shape index (κ2) is 7.95. The number of rotatable bonds is 4. The van der Waals surface area contributed by atoms with E-state index >= 15 is 0 Å². The van der Waals surface area contributed by atoms with Crippen LogP contribution in [0.4, 0.5) is 0 Å². The summed E-state index contributed by atoms with van der Waals surface area (Å²) in [4.78, 5) is 12.3. The molecule has 1 aromatic rings. The molecule has 5 heteroatoms. The summed E-state index contributed by atoms with van der Waals surface area (Å²) in [7, 11) is 0. The average molecular weight is 325 g/mol. The van der Waals surface area contributed by atoms with Crippen molar-refractivity contribution in [3.8, 4) is 0 Å². The summed E-state index contributed by atoms with van der Waals surface area (Å²) in [6, 6.07) is 8.52. The van der Waals surface area contributed by atoms with E-state index in [0.717, 1.165) is 25.7 Å². The number of benzene rings is 1. The number of nitrogens with two attached hydrogens (primary N) is 1. The molecule has 3 rings (SSSR count). The van der Waals surface area contributed by atoms with Crippen LogP contribution >= 0.6 is 12.4 Å². The summed E-state index contributed by atoms with van der Waals surface area (Å²) in [5.74, 6) is 0.524. The van der Waals surface area contributed by atoms with Gasteiger partial charge in [0.25, 0.3) is 0 Å². The molecule has 2 aliphatic rings. The summed E-state index contributed by atoms with van der Waals surface area (Å²) in [5.41, 5.74) is 8.25. The Labute approximate surface area is 138 Å². The molecule has 122 valence electrons. The van der Waals surface area contributed by atoms with Gasteiger partial charge in [-0.25, -0.2) is 0 Å². The summed E-state index contributed by atoms with van der Waals surface area (Å²) in [5, 5.41) is 3.16. The van der Waals surface area contributed by atoms with Gasteiger partial charge in [0.1, 0.15) is 0 Å². The highest BCUT2D eigenvalue weighted by Crippen LogP contribution is 2.30. The van der Waals surface area contributed by atoms with E-state index in [9.17, 15) is 4.79 Å². The Kier molecular flexibility index (Phi) is 6.24. The lowest BCUT2D eigenvalue weighted by molar-refractivity contribution is -0.125. The van der Waals surface area contributed by atoms with E-state index in [1.54, 1.807) is 0 Å². The van der Waals surface area contributed by atoms with Gasteiger partial charge in [0.15, 0.2) is 0 Å². The zero-order chi connectivity index (χ0) is 14.7. The topological polar surface area (TPSA) is 64.3 Å². The van der Waals surface area contributed by atoms with Crippen molar-refractivity contribution in [3.63, 3.8) is 0 Å². The molecule has 0 bridgehead atoms. The van der Waals surface area contributed by atoms with Gasteiger partial charge < -0.3 is 15.8 Å². The number of carbonyl (C=O) groups excluding carboxylic acids is 1. The Morgan fingerprint density at radius 1 is 1.32 bits per heavy atom. The fraction of sp³-hybridized carbons (Fsp3) is 0.588. The number of halogens is 1. The Morgan fingerprint density at radius 2 is 2.14 bits per heavy atom. The maximum absolute atomic E-state index is 12.3. The number of ether oxygens (including phenoxy) is 1. The molecule has 0 saturated heterocycles. The normalized spacial score (nSPS) is 26.9. The summed E-state index contributed by atoms with van der Waals surface area (Å²) >= 11 is 0. The first-order valence-electron chi connectivity index (χ1n) is 7.96.